The minimum absolute atomic E-state index is 0.531. The number of aryl methyl sites for hydroxylation is 1. The van der Waals surface area contributed by atoms with Crippen molar-refractivity contribution in [1.82, 2.24) is 15.6 Å². The van der Waals surface area contributed by atoms with Crippen molar-refractivity contribution in [1.29, 1.82) is 0 Å². The lowest BCUT2D eigenvalue weighted by Gasteiger charge is -2.37. The largest absolute Gasteiger partial charge is 0.317 e. The Labute approximate surface area is 114 Å². The number of rotatable bonds is 6. The number of hydrogen-bond donors (Lipinski definition) is 2. The number of aromatic nitrogens is 1. The average Bonchev–Trinajstić information content (AvgIpc) is 2.82. The molecule has 0 unspecified atom stereocenters. The third kappa shape index (κ3) is 3.77. The fraction of sp³-hybridized carbons (Fsp3) is 0.786. The van der Waals surface area contributed by atoms with Crippen molar-refractivity contribution in [2.45, 2.75) is 39.5 Å². The van der Waals surface area contributed by atoms with E-state index < -0.39 is 0 Å². The van der Waals surface area contributed by atoms with Crippen LogP contribution in [0.3, 0.4) is 0 Å². The molecule has 0 amide bonds. The lowest BCUT2D eigenvalue weighted by atomic mass is 9.76. The fourth-order valence-corrected chi connectivity index (χ4v) is 3.35. The fourth-order valence-electron chi connectivity index (χ4n) is 2.71. The molecule has 0 atom stereocenters. The van der Waals surface area contributed by atoms with Gasteiger partial charge in [0.05, 0.1) is 10.7 Å². The molecule has 1 fully saturated rings. The maximum Gasteiger partial charge on any atom is 0.0897 e. The Kier molecular flexibility index (Phi) is 5.15. The molecular weight excluding hydrogens is 242 g/mol. The molecule has 4 heteroatoms. The summed E-state index contributed by atoms with van der Waals surface area (Å²) >= 11 is 1.75. The van der Waals surface area contributed by atoms with Crippen LogP contribution >= 0.6 is 11.3 Å². The molecule has 1 aromatic rings. The van der Waals surface area contributed by atoms with Crippen molar-refractivity contribution in [2.75, 3.05) is 26.2 Å². The molecule has 2 heterocycles. The smallest absolute Gasteiger partial charge is 0.0897 e. The van der Waals surface area contributed by atoms with Crippen molar-refractivity contribution in [2.24, 2.45) is 5.41 Å². The second-order valence-electron chi connectivity index (χ2n) is 5.39. The maximum absolute atomic E-state index is 4.50. The van der Waals surface area contributed by atoms with Crippen LogP contribution in [0.25, 0.3) is 0 Å². The molecule has 1 aliphatic rings. The van der Waals surface area contributed by atoms with Gasteiger partial charge in [-0.2, -0.15) is 0 Å². The lowest BCUT2D eigenvalue weighted by Crippen LogP contribution is -2.43. The Morgan fingerprint density at radius 1 is 1.44 bits per heavy atom. The number of thiazole rings is 1. The minimum Gasteiger partial charge on any atom is -0.317 e. The van der Waals surface area contributed by atoms with Gasteiger partial charge in [0.15, 0.2) is 0 Å². The van der Waals surface area contributed by atoms with E-state index in [-0.39, 0.29) is 0 Å². The normalized spacial score (nSPS) is 19.0. The van der Waals surface area contributed by atoms with Gasteiger partial charge in [-0.05, 0) is 44.7 Å². The van der Waals surface area contributed by atoms with E-state index in [1.165, 1.54) is 43.1 Å². The van der Waals surface area contributed by atoms with Crippen LogP contribution in [-0.2, 0) is 6.42 Å². The van der Waals surface area contributed by atoms with Gasteiger partial charge >= 0.3 is 0 Å². The molecule has 1 aromatic heterocycles. The van der Waals surface area contributed by atoms with Crippen molar-refractivity contribution in [3.05, 3.63) is 16.1 Å². The van der Waals surface area contributed by atoms with Crippen LogP contribution in [0.1, 0.15) is 36.9 Å². The molecule has 2 N–H and O–H groups in total. The van der Waals surface area contributed by atoms with Crippen molar-refractivity contribution >= 4 is 11.3 Å². The van der Waals surface area contributed by atoms with Gasteiger partial charge < -0.3 is 10.6 Å². The standard InChI is InChI=1S/C14H25N3S/c1-3-14(5-8-15-9-6-14)11-16-7-4-13-10-18-12(2)17-13/h10,15-16H,3-9,11H2,1-2H3. The van der Waals surface area contributed by atoms with E-state index in [1.54, 1.807) is 11.3 Å². The molecular formula is C14H25N3S. The SMILES string of the molecule is CCC1(CNCCc2csc(C)n2)CCNCC1. The molecule has 3 nitrogen and oxygen atoms in total. The van der Waals surface area contributed by atoms with E-state index in [1.807, 2.05) is 0 Å². The Morgan fingerprint density at radius 2 is 2.22 bits per heavy atom. The van der Waals surface area contributed by atoms with Crippen LogP contribution < -0.4 is 10.6 Å². The number of nitrogens with zero attached hydrogens (tertiary/aromatic N) is 1. The molecule has 18 heavy (non-hydrogen) atoms. The summed E-state index contributed by atoms with van der Waals surface area (Å²) in [7, 11) is 0. The van der Waals surface area contributed by atoms with E-state index in [9.17, 15) is 0 Å². The maximum atomic E-state index is 4.50. The summed E-state index contributed by atoms with van der Waals surface area (Å²) < 4.78 is 0. The first-order chi connectivity index (χ1) is 8.74. The van der Waals surface area contributed by atoms with Crippen LogP contribution in [0.15, 0.2) is 5.38 Å². The van der Waals surface area contributed by atoms with Crippen molar-refractivity contribution in [3.8, 4) is 0 Å². The summed E-state index contributed by atoms with van der Waals surface area (Å²) in [5.74, 6) is 0. The van der Waals surface area contributed by atoms with Gasteiger partial charge in [-0.3, -0.25) is 0 Å². The third-order valence-electron chi connectivity index (χ3n) is 4.14. The highest BCUT2D eigenvalue weighted by Gasteiger charge is 2.29. The highest BCUT2D eigenvalue weighted by Crippen LogP contribution is 2.31. The number of nitrogens with one attached hydrogen (secondary N) is 2. The topological polar surface area (TPSA) is 37.0 Å². The zero-order valence-electron chi connectivity index (χ0n) is 11.6. The first-order valence-corrected chi connectivity index (χ1v) is 7.94. The van der Waals surface area contributed by atoms with Gasteiger partial charge in [0.1, 0.15) is 0 Å². The molecule has 0 saturated carbocycles. The van der Waals surface area contributed by atoms with Gasteiger partial charge in [0, 0.05) is 24.9 Å². The van der Waals surface area contributed by atoms with Crippen molar-refractivity contribution < 1.29 is 0 Å². The van der Waals surface area contributed by atoms with E-state index in [0.717, 1.165) is 19.5 Å². The minimum atomic E-state index is 0.531. The molecule has 0 spiro atoms. The molecule has 0 radical (unpaired) electrons. The predicted octanol–water partition coefficient (Wildman–Crippen LogP) is 2.36. The predicted molar refractivity (Wildman–Crippen MR) is 78.3 cm³/mol. The zero-order valence-corrected chi connectivity index (χ0v) is 12.4. The van der Waals surface area contributed by atoms with E-state index in [4.69, 9.17) is 0 Å². The van der Waals surface area contributed by atoms with Crippen molar-refractivity contribution in [3.63, 3.8) is 0 Å². The molecule has 0 bridgehead atoms. The molecule has 0 aliphatic carbocycles. The lowest BCUT2D eigenvalue weighted by molar-refractivity contribution is 0.186. The summed E-state index contributed by atoms with van der Waals surface area (Å²) in [6.45, 7) is 8.98. The van der Waals surface area contributed by atoms with Crippen LogP contribution in [0.4, 0.5) is 0 Å². The van der Waals surface area contributed by atoms with E-state index in [0.29, 0.717) is 5.41 Å². The zero-order chi connectivity index (χ0) is 12.8. The second-order valence-corrected chi connectivity index (χ2v) is 6.45. The van der Waals surface area contributed by atoms with Crippen LogP contribution in [0, 0.1) is 12.3 Å². The van der Waals surface area contributed by atoms with Crippen LogP contribution in [0.2, 0.25) is 0 Å². The molecule has 1 aliphatic heterocycles. The molecule has 102 valence electrons. The Balaban J connectivity index is 1.70. The van der Waals surface area contributed by atoms with Gasteiger partial charge in [-0.1, -0.05) is 6.92 Å². The molecule has 1 saturated heterocycles. The number of hydrogen-bond acceptors (Lipinski definition) is 4. The summed E-state index contributed by atoms with van der Waals surface area (Å²) in [4.78, 5) is 4.50. The highest BCUT2D eigenvalue weighted by atomic mass is 32.1. The van der Waals surface area contributed by atoms with Gasteiger partial charge in [0.25, 0.3) is 0 Å². The first-order valence-electron chi connectivity index (χ1n) is 7.06. The number of piperidine rings is 1. The van der Waals surface area contributed by atoms with Gasteiger partial charge in [-0.15, -0.1) is 11.3 Å². The second kappa shape index (κ2) is 6.64. The molecule has 0 aromatic carbocycles. The molecule has 2 rings (SSSR count). The summed E-state index contributed by atoms with van der Waals surface area (Å²) in [6, 6.07) is 0. The summed E-state index contributed by atoms with van der Waals surface area (Å²) in [6.07, 6.45) is 4.97. The van der Waals surface area contributed by atoms with E-state index >= 15 is 0 Å². The summed E-state index contributed by atoms with van der Waals surface area (Å²) in [5, 5.41) is 10.5. The monoisotopic (exact) mass is 267 g/mol. The average molecular weight is 267 g/mol. The van der Waals surface area contributed by atoms with Gasteiger partial charge in [0.2, 0.25) is 0 Å². The van der Waals surface area contributed by atoms with Gasteiger partial charge in [-0.25, -0.2) is 4.98 Å². The Bertz CT molecular complexity index is 356. The third-order valence-corrected chi connectivity index (χ3v) is 4.96. The van der Waals surface area contributed by atoms with Crippen LogP contribution in [0.5, 0.6) is 0 Å². The highest BCUT2D eigenvalue weighted by molar-refractivity contribution is 7.09. The first kappa shape index (κ1) is 14.0. The summed E-state index contributed by atoms with van der Waals surface area (Å²) in [5.41, 5.74) is 1.77. The van der Waals surface area contributed by atoms with E-state index in [2.05, 4.69) is 34.8 Å². The Hall–Kier alpha value is -0.450. The Morgan fingerprint density at radius 3 is 2.83 bits per heavy atom. The quantitative estimate of drug-likeness (QED) is 0.777. The van der Waals surface area contributed by atoms with Crippen LogP contribution in [-0.4, -0.2) is 31.2 Å².